The number of hydrogen-bond donors (Lipinski definition) is 1. The first-order chi connectivity index (χ1) is 10.5. The molecule has 0 aliphatic heterocycles. The molecule has 8 nitrogen and oxygen atoms in total. The zero-order chi connectivity index (χ0) is 16.1. The number of carbonyl (C=O) groups is 1. The molecule has 0 radical (unpaired) electrons. The van der Waals surface area contributed by atoms with E-state index in [-0.39, 0.29) is 23.5 Å². The van der Waals surface area contributed by atoms with Crippen molar-refractivity contribution in [2.75, 3.05) is 5.32 Å². The number of aryl methyl sites for hydroxylation is 1. The molecular formula is C14H14N4O4. The second-order valence-corrected chi connectivity index (χ2v) is 4.52. The van der Waals surface area contributed by atoms with Crippen molar-refractivity contribution >= 4 is 17.3 Å². The van der Waals surface area contributed by atoms with E-state index >= 15 is 0 Å². The zero-order valence-electron chi connectivity index (χ0n) is 11.9. The summed E-state index contributed by atoms with van der Waals surface area (Å²) in [7, 11) is 0. The first-order valence-corrected chi connectivity index (χ1v) is 6.60. The van der Waals surface area contributed by atoms with Crippen LogP contribution in [0.4, 0.5) is 11.4 Å². The van der Waals surface area contributed by atoms with E-state index in [0.717, 1.165) is 4.57 Å². The van der Waals surface area contributed by atoms with Gasteiger partial charge in [0.05, 0.1) is 11.3 Å². The molecule has 1 N–H and O–H groups in total. The minimum absolute atomic E-state index is 0.0867. The molecule has 0 saturated heterocycles. The quantitative estimate of drug-likeness (QED) is 0.662. The number of nitro benzene ring substituents is 1. The van der Waals surface area contributed by atoms with Gasteiger partial charge in [-0.25, -0.2) is 4.98 Å². The van der Waals surface area contributed by atoms with Gasteiger partial charge in [-0.2, -0.15) is 0 Å². The number of amides is 1. The summed E-state index contributed by atoms with van der Waals surface area (Å²) in [5.74, 6) is -0.539. The van der Waals surface area contributed by atoms with Gasteiger partial charge in [-0.3, -0.25) is 24.3 Å². The fourth-order valence-corrected chi connectivity index (χ4v) is 1.86. The highest BCUT2D eigenvalue weighted by molar-refractivity contribution is 5.92. The molecule has 1 aromatic heterocycles. The number of nitrogens with zero attached hydrogens (tertiary/aromatic N) is 3. The Hall–Kier alpha value is -3.03. The van der Waals surface area contributed by atoms with Gasteiger partial charge >= 0.3 is 0 Å². The van der Waals surface area contributed by atoms with Crippen LogP contribution in [-0.4, -0.2) is 20.4 Å². The molecule has 0 aliphatic rings. The molecule has 0 unspecified atom stereocenters. The molecule has 0 saturated carbocycles. The summed E-state index contributed by atoms with van der Waals surface area (Å²) in [4.78, 5) is 38.1. The van der Waals surface area contributed by atoms with Crippen LogP contribution in [0.3, 0.4) is 0 Å². The van der Waals surface area contributed by atoms with Crippen molar-refractivity contribution in [2.45, 2.75) is 19.9 Å². The van der Waals surface area contributed by atoms with Crippen molar-refractivity contribution in [1.82, 2.24) is 9.55 Å². The number of hydrogen-bond acceptors (Lipinski definition) is 5. The molecule has 0 spiro atoms. The summed E-state index contributed by atoms with van der Waals surface area (Å²) in [6.07, 6.45) is 1.92. The van der Waals surface area contributed by atoms with Crippen molar-refractivity contribution in [3.8, 4) is 0 Å². The molecule has 2 aromatic rings. The van der Waals surface area contributed by atoms with Gasteiger partial charge < -0.3 is 5.32 Å². The van der Waals surface area contributed by atoms with Gasteiger partial charge in [0.15, 0.2) is 0 Å². The first kappa shape index (κ1) is 15.4. The van der Waals surface area contributed by atoms with Gasteiger partial charge in [0.2, 0.25) is 5.91 Å². The van der Waals surface area contributed by atoms with Gasteiger partial charge in [-0.15, -0.1) is 0 Å². The molecular weight excluding hydrogens is 288 g/mol. The van der Waals surface area contributed by atoms with Gasteiger partial charge in [-0.05, 0) is 12.5 Å². The third-order valence-corrected chi connectivity index (χ3v) is 2.99. The number of rotatable bonds is 5. The summed E-state index contributed by atoms with van der Waals surface area (Å²) in [5, 5.41) is 13.3. The van der Waals surface area contributed by atoms with E-state index in [9.17, 15) is 19.7 Å². The van der Waals surface area contributed by atoms with Gasteiger partial charge in [0.1, 0.15) is 12.2 Å². The van der Waals surface area contributed by atoms with Crippen LogP contribution in [0.1, 0.15) is 12.6 Å². The third kappa shape index (κ3) is 3.54. The molecule has 8 heteroatoms. The third-order valence-electron chi connectivity index (χ3n) is 2.99. The van der Waals surface area contributed by atoms with Crippen molar-refractivity contribution in [2.24, 2.45) is 0 Å². The predicted octanol–water partition coefficient (Wildman–Crippen LogP) is 1.35. The van der Waals surface area contributed by atoms with Gasteiger partial charge in [-0.1, -0.05) is 19.1 Å². The largest absolute Gasteiger partial charge is 0.319 e. The van der Waals surface area contributed by atoms with E-state index in [1.54, 1.807) is 6.07 Å². The average molecular weight is 302 g/mol. The number of nitrogens with one attached hydrogen (secondary N) is 1. The predicted molar refractivity (Wildman–Crippen MR) is 79.6 cm³/mol. The minimum atomic E-state index is -0.584. The summed E-state index contributed by atoms with van der Waals surface area (Å²) in [6.45, 7) is 1.61. The van der Waals surface area contributed by atoms with Crippen molar-refractivity contribution < 1.29 is 9.72 Å². The van der Waals surface area contributed by atoms with Crippen LogP contribution < -0.4 is 10.9 Å². The highest BCUT2D eigenvalue weighted by Crippen LogP contribution is 2.22. The Bertz CT molecular complexity index is 769. The number of benzene rings is 1. The van der Waals surface area contributed by atoms with E-state index in [1.165, 1.54) is 30.6 Å². The summed E-state index contributed by atoms with van der Waals surface area (Å²) < 4.78 is 1.14. The lowest BCUT2D eigenvalue weighted by Gasteiger charge is -2.07. The van der Waals surface area contributed by atoms with Crippen LogP contribution in [0.2, 0.25) is 0 Å². The monoisotopic (exact) mass is 302 g/mol. The molecule has 1 amide bonds. The molecule has 0 aliphatic carbocycles. The lowest BCUT2D eigenvalue weighted by Crippen LogP contribution is -2.28. The van der Waals surface area contributed by atoms with Crippen molar-refractivity contribution in [1.29, 1.82) is 0 Å². The minimum Gasteiger partial charge on any atom is -0.319 e. The second kappa shape index (κ2) is 6.61. The van der Waals surface area contributed by atoms with E-state index in [0.29, 0.717) is 12.1 Å². The maximum absolute atomic E-state index is 11.9. The summed E-state index contributed by atoms with van der Waals surface area (Å²) >= 11 is 0. The smallest absolute Gasteiger partial charge is 0.292 e. The maximum atomic E-state index is 11.9. The van der Waals surface area contributed by atoms with Crippen LogP contribution >= 0.6 is 0 Å². The Balaban J connectivity index is 2.14. The number of anilines is 1. The maximum Gasteiger partial charge on any atom is 0.292 e. The number of aromatic nitrogens is 2. The fourth-order valence-electron chi connectivity index (χ4n) is 1.86. The molecule has 2 rings (SSSR count). The van der Waals surface area contributed by atoms with Crippen LogP contribution in [0.15, 0.2) is 41.5 Å². The SMILES string of the molecule is CCc1cc(=O)n(CC(=O)Nc2ccccc2[N+](=O)[O-])cn1. The Morgan fingerprint density at radius 2 is 2.14 bits per heavy atom. The van der Waals surface area contributed by atoms with Crippen LogP contribution in [0.5, 0.6) is 0 Å². The number of para-hydroxylation sites is 2. The van der Waals surface area contributed by atoms with Crippen molar-refractivity contribution in [3.63, 3.8) is 0 Å². The zero-order valence-corrected chi connectivity index (χ0v) is 11.9. The Morgan fingerprint density at radius 3 is 2.77 bits per heavy atom. The van der Waals surface area contributed by atoms with Crippen LogP contribution in [0, 0.1) is 10.1 Å². The van der Waals surface area contributed by atoms with E-state index < -0.39 is 10.8 Å². The Kier molecular flexibility index (Phi) is 4.62. The summed E-state index contributed by atoms with van der Waals surface area (Å²) in [6, 6.07) is 7.16. The first-order valence-electron chi connectivity index (χ1n) is 6.60. The standard InChI is InChI=1S/C14H14N4O4/c1-2-10-7-14(20)17(9-15-10)8-13(19)16-11-5-3-4-6-12(11)18(21)22/h3-7,9H,2,8H2,1H3,(H,16,19). The Labute approximate surface area is 125 Å². The molecule has 0 atom stereocenters. The lowest BCUT2D eigenvalue weighted by atomic mass is 10.2. The molecule has 1 aromatic carbocycles. The van der Waals surface area contributed by atoms with E-state index in [4.69, 9.17) is 0 Å². The second-order valence-electron chi connectivity index (χ2n) is 4.52. The van der Waals surface area contributed by atoms with Gasteiger partial charge in [0.25, 0.3) is 11.2 Å². The van der Waals surface area contributed by atoms with E-state index in [1.807, 2.05) is 6.92 Å². The van der Waals surface area contributed by atoms with Gasteiger partial charge in [0, 0.05) is 17.8 Å². The average Bonchev–Trinajstić information content (AvgIpc) is 2.49. The van der Waals surface area contributed by atoms with Crippen LogP contribution in [-0.2, 0) is 17.8 Å². The van der Waals surface area contributed by atoms with E-state index in [2.05, 4.69) is 10.3 Å². The highest BCUT2D eigenvalue weighted by atomic mass is 16.6. The number of carbonyl (C=O) groups excluding carboxylic acids is 1. The fraction of sp³-hybridized carbons (Fsp3) is 0.214. The normalized spacial score (nSPS) is 10.2. The molecule has 0 bridgehead atoms. The summed E-state index contributed by atoms with van der Waals surface area (Å²) in [5.41, 5.74) is 0.177. The lowest BCUT2D eigenvalue weighted by molar-refractivity contribution is -0.383. The van der Waals surface area contributed by atoms with Crippen LogP contribution in [0.25, 0.3) is 0 Å². The topological polar surface area (TPSA) is 107 Å². The number of nitro groups is 1. The molecule has 1 heterocycles. The Morgan fingerprint density at radius 1 is 1.41 bits per heavy atom. The molecule has 114 valence electrons. The molecule has 0 fully saturated rings. The van der Waals surface area contributed by atoms with Crippen molar-refractivity contribution in [3.05, 3.63) is 62.8 Å². The molecule has 22 heavy (non-hydrogen) atoms. The highest BCUT2D eigenvalue weighted by Gasteiger charge is 2.15.